The second-order valence-corrected chi connectivity index (χ2v) is 7.24. The van der Waals surface area contributed by atoms with Crippen LogP contribution >= 0.6 is 36.2 Å². The Balaban J connectivity index is 0.00000144. The first-order valence-electron chi connectivity index (χ1n) is 7.57. The smallest absolute Gasteiger partial charge is 0.251 e. The molecule has 1 saturated carbocycles. The molecule has 1 heterocycles. The molecule has 1 aromatic heterocycles. The van der Waals surface area contributed by atoms with Crippen molar-refractivity contribution < 1.29 is 4.79 Å². The molecule has 1 aliphatic carbocycles. The summed E-state index contributed by atoms with van der Waals surface area (Å²) in [5, 5.41) is 6.16. The molecular weight excluding hydrogens is 365 g/mol. The first-order chi connectivity index (χ1) is 10.5. The minimum atomic E-state index is -0.301. The van der Waals surface area contributed by atoms with Crippen LogP contribution in [0.25, 0.3) is 11.3 Å². The molecule has 3 rings (SSSR count). The number of carbonyl (C=O) groups is 1. The van der Waals surface area contributed by atoms with Gasteiger partial charge in [-0.15, -0.1) is 36.2 Å². The van der Waals surface area contributed by atoms with Crippen LogP contribution in [0.3, 0.4) is 0 Å². The summed E-state index contributed by atoms with van der Waals surface area (Å²) in [6, 6.07) is 7.61. The van der Waals surface area contributed by atoms with E-state index >= 15 is 0 Å². The number of benzene rings is 1. The van der Waals surface area contributed by atoms with Crippen LogP contribution in [0.5, 0.6) is 0 Å². The zero-order valence-corrected chi connectivity index (χ0v) is 16.2. The highest BCUT2D eigenvalue weighted by Gasteiger charge is 2.41. The molecule has 1 aromatic carbocycles. The number of hydrogen-bond donors (Lipinski definition) is 2. The van der Waals surface area contributed by atoms with E-state index in [0.29, 0.717) is 18.0 Å². The van der Waals surface area contributed by atoms with Crippen molar-refractivity contribution in [2.75, 3.05) is 6.54 Å². The van der Waals surface area contributed by atoms with Crippen LogP contribution in [-0.4, -0.2) is 23.0 Å². The van der Waals surface area contributed by atoms with E-state index in [0.717, 1.165) is 29.1 Å². The zero-order valence-electron chi connectivity index (χ0n) is 13.7. The average molecular weight is 388 g/mol. The van der Waals surface area contributed by atoms with Gasteiger partial charge in [-0.05, 0) is 44.7 Å². The number of amides is 1. The average Bonchev–Trinajstić information content (AvgIpc) is 3.30. The Morgan fingerprint density at radius 3 is 2.67 bits per heavy atom. The number of carbonyl (C=O) groups excluding carboxylic acids is 1. The van der Waals surface area contributed by atoms with Crippen molar-refractivity contribution in [2.45, 2.75) is 32.2 Å². The molecule has 0 aliphatic heterocycles. The molecule has 0 bridgehead atoms. The molecule has 1 amide bonds. The van der Waals surface area contributed by atoms with E-state index in [4.69, 9.17) is 5.73 Å². The van der Waals surface area contributed by atoms with Crippen molar-refractivity contribution in [1.82, 2.24) is 10.3 Å². The fraction of sp³-hybridized carbons (Fsp3) is 0.412. The van der Waals surface area contributed by atoms with Gasteiger partial charge in [-0.3, -0.25) is 4.79 Å². The van der Waals surface area contributed by atoms with E-state index < -0.39 is 0 Å². The summed E-state index contributed by atoms with van der Waals surface area (Å²) < 4.78 is 0. The van der Waals surface area contributed by atoms with Crippen LogP contribution in [-0.2, 0) is 0 Å². The van der Waals surface area contributed by atoms with Gasteiger partial charge in [-0.1, -0.05) is 12.1 Å². The van der Waals surface area contributed by atoms with Crippen molar-refractivity contribution in [3.63, 3.8) is 0 Å². The summed E-state index contributed by atoms with van der Waals surface area (Å²) in [7, 11) is 0. The van der Waals surface area contributed by atoms with Gasteiger partial charge in [0.1, 0.15) is 0 Å². The molecule has 132 valence electrons. The number of rotatable bonds is 5. The number of halogens is 2. The van der Waals surface area contributed by atoms with E-state index in [2.05, 4.69) is 10.3 Å². The molecule has 1 fully saturated rings. The lowest BCUT2D eigenvalue weighted by Crippen LogP contribution is -2.53. The standard InChI is InChI=1S/C17H21N3OS.2ClH/c1-11-19-15(9-22-11)12-4-3-5-13(8-12)16(21)20-17(2,10-18)14-6-7-14;;/h3-5,8-9,14H,6-7,10,18H2,1-2H3,(H,20,21);2*1H. The van der Waals surface area contributed by atoms with E-state index in [1.165, 1.54) is 0 Å². The quantitative estimate of drug-likeness (QED) is 0.818. The number of nitrogens with zero attached hydrogens (tertiary/aromatic N) is 1. The van der Waals surface area contributed by atoms with E-state index in [-0.39, 0.29) is 36.3 Å². The minimum Gasteiger partial charge on any atom is -0.345 e. The molecule has 4 nitrogen and oxygen atoms in total. The summed E-state index contributed by atoms with van der Waals surface area (Å²) in [4.78, 5) is 17.0. The number of nitrogens with one attached hydrogen (secondary N) is 1. The van der Waals surface area contributed by atoms with Crippen molar-refractivity contribution in [1.29, 1.82) is 0 Å². The maximum Gasteiger partial charge on any atom is 0.251 e. The summed E-state index contributed by atoms with van der Waals surface area (Å²) in [6.07, 6.45) is 2.29. The largest absolute Gasteiger partial charge is 0.345 e. The maximum atomic E-state index is 12.6. The fourth-order valence-electron chi connectivity index (χ4n) is 2.69. The van der Waals surface area contributed by atoms with Crippen molar-refractivity contribution >= 4 is 42.1 Å². The molecule has 0 saturated heterocycles. The fourth-order valence-corrected chi connectivity index (χ4v) is 3.31. The number of nitrogens with two attached hydrogens (primary N) is 1. The van der Waals surface area contributed by atoms with Crippen molar-refractivity contribution in [2.24, 2.45) is 11.7 Å². The summed E-state index contributed by atoms with van der Waals surface area (Å²) in [5.41, 5.74) is 8.12. The lowest BCUT2D eigenvalue weighted by molar-refractivity contribution is 0.0898. The van der Waals surface area contributed by atoms with Gasteiger partial charge >= 0.3 is 0 Å². The van der Waals surface area contributed by atoms with Crippen LogP contribution in [0, 0.1) is 12.8 Å². The highest BCUT2D eigenvalue weighted by atomic mass is 35.5. The molecule has 7 heteroatoms. The Hall–Kier alpha value is -1.14. The molecule has 0 radical (unpaired) electrons. The Labute approximate surface area is 159 Å². The molecule has 2 aromatic rings. The molecule has 1 aliphatic rings. The minimum absolute atomic E-state index is 0. The first kappa shape index (κ1) is 20.9. The van der Waals surface area contributed by atoms with Gasteiger partial charge in [-0.25, -0.2) is 4.98 Å². The van der Waals surface area contributed by atoms with Gasteiger partial charge in [0.25, 0.3) is 5.91 Å². The van der Waals surface area contributed by atoms with E-state index in [1.807, 2.05) is 43.5 Å². The van der Waals surface area contributed by atoms with Crippen molar-refractivity contribution in [3.8, 4) is 11.3 Å². The van der Waals surface area contributed by atoms with E-state index in [1.54, 1.807) is 11.3 Å². The molecule has 1 atom stereocenters. The van der Waals surface area contributed by atoms with Gasteiger partial charge in [0.05, 0.1) is 16.2 Å². The van der Waals surface area contributed by atoms with Gasteiger partial charge in [0.15, 0.2) is 0 Å². The summed E-state index contributed by atoms with van der Waals surface area (Å²) >= 11 is 1.61. The number of hydrogen-bond acceptors (Lipinski definition) is 4. The van der Waals surface area contributed by atoms with Crippen LogP contribution in [0.1, 0.15) is 35.1 Å². The Bertz CT molecular complexity index is 703. The Morgan fingerprint density at radius 1 is 1.42 bits per heavy atom. The number of aromatic nitrogens is 1. The Morgan fingerprint density at radius 2 is 2.12 bits per heavy atom. The summed E-state index contributed by atoms with van der Waals surface area (Å²) in [6.45, 7) is 4.48. The normalized spacial score (nSPS) is 15.6. The Kier molecular flexibility index (Phi) is 7.23. The third-order valence-electron chi connectivity index (χ3n) is 4.34. The topological polar surface area (TPSA) is 68.0 Å². The van der Waals surface area contributed by atoms with Crippen LogP contribution in [0.2, 0.25) is 0 Å². The third kappa shape index (κ3) is 4.48. The highest BCUT2D eigenvalue weighted by molar-refractivity contribution is 7.09. The number of thiazole rings is 1. The molecule has 1 unspecified atom stereocenters. The SMILES string of the molecule is Cc1nc(-c2cccc(C(=O)NC(C)(CN)C3CC3)c2)cs1.Cl.Cl. The molecular formula is C17H23Cl2N3OS. The zero-order chi connectivity index (χ0) is 15.7. The van der Waals surface area contributed by atoms with Crippen LogP contribution in [0.15, 0.2) is 29.6 Å². The molecule has 24 heavy (non-hydrogen) atoms. The van der Waals surface area contributed by atoms with Gasteiger partial charge in [0.2, 0.25) is 0 Å². The van der Waals surface area contributed by atoms with Gasteiger partial charge in [-0.2, -0.15) is 0 Å². The maximum absolute atomic E-state index is 12.6. The van der Waals surface area contributed by atoms with Crippen LogP contribution < -0.4 is 11.1 Å². The molecule has 0 spiro atoms. The van der Waals surface area contributed by atoms with Gasteiger partial charge < -0.3 is 11.1 Å². The monoisotopic (exact) mass is 387 g/mol. The lowest BCUT2D eigenvalue weighted by Gasteiger charge is -2.29. The second kappa shape index (κ2) is 8.30. The van der Waals surface area contributed by atoms with E-state index in [9.17, 15) is 4.79 Å². The molecule has 3 N–H and O–H groups in total. The highest BCUT2D eigenvalue weighted by Crippen LogP contribution is 2.39. The van der Waals surface area contributed by atoms with Crippen LogP contribution in [0.4, 0.5) is 0 Å². The second-order valence-electron chi connectivity index (χ2n) is 6.18. The lowest BCUT2D eigenvalue weighted by atomic mass is 9.95. The summed E-state index contributed by atoms with van der Waals surface area (Å²) in [5.74, 6) is 0.444. The van der Waals surface area contributed by atoms with Crippen molar-refractivity contribution in [3.05, 3.63) is 40.2 Å². The third-order valence-corrected chi connectivity index (χ3v) is 5.11. The number of aryl methyl sites for hydroxylation is 1. The predicted octanol–water partition coefficient (Wildman–Crippen LogP) is 3.82. The predicted molar refractivity (Wildman–Crippen MR) is 104 cm³/mol. The van der Waals surface area contributed by atoms with Gasteiger partial charge in [0, 0.05) is 23.1 Å². The first-order valence-corrected chi connectivity index (χ1v) is 8.45.